The molecule has 0 unspecified atom stereocenters. The molecule has 0 aliphatic carbocycles. The van der Waals surface area contributed by atoms with Crippen molar-refractivity contribution in [1.29, 1.82) is 0 Å². The number of Topliss-reactive ketones (excluding diaryl/α,β-unsaturated/α-hetero) is 1. The first-order chi connectivity index (χ1) is 13.4. The van der Waals surface area contributed by atoms with Crippen molar-refractivity contribution in [3.05, 3.63) is 29.6 Å². The van der Waals surface area contributed by atoms with E-state index in [1.807, 2.05) is 9.80 Å². The van der Waals surface area contributed by atoms with E-state index in [1.54, 1.807) is 17.0 Å². The number of halogens is 1. The van der Waals surface area contributed by atoms with Gasteiger partial charge in [-0.15, -0.1) is 0 Å². The van der Waals surface area contributed by atoms with Crippen LogP contribution in [-0.2, 0) is 9.59 Å². The molecular formula is C20H27FN4O3. The lowest BCUT2D eigenvalue weighted by atomic mass is 10.1. The number of likely N-dealkylation sites (tertiary alicyclic amines) is 1. The third-order valence-electron chi connectivity index (χ3n) is 5.33. The summed E-state index contributed by atoms with van der Waals surface area (Å²) in [5.41, 5.74) is 0.838. The number of rotatable bonds is 6. The van der Waals surface area contributed by atoms with E-state index >= 15 is 0 Å². The van der Waals surface area contributed by atoms with Crippen LogP contribution in [0.4, 0.5) is 10.1 Å². The van der Waals surface area contributed by atoms with E-state index in [2.05, 4.69) is 5.32 Å². The van der Waals surface area contributed by atoms with Crippen molar-refractivity contribution in [1.82, 2.24) is 15.1 Å². The van der Waals surface area contributed by atoms with Crippen LogP contribution in [0.5, 0.6) is 0 Å². The van der Waals surface area contributed by atoms with Gasteiger partial charge in [0.15, 0.2) is 5.78 Å². The first-order valence-electron chi connectivity index (χ1n) is 9.76. The Balaban J connectivity index is 1.43. The van der Waals surface area contributed by atoms with E-state index in [-0.39, 0.29) is 30.7 Å². The molecule has 1 N–H and O–H groups in total. The van der Waals surface area contributed by atoms with Crippen LogP contribution in [0.1, 0.15) is 30.1 Å². The summed E-state index contributed by atoms with van der Waals surface area (Å²) in [5, 5.41) is 2.70. The number of anilines is 1. The molecule has 152 valence electrons. The van der Waals surface area contributed by atoms with Crippen molar-refractivity contribution in [3.8, 4) is 0 Å². The van der Waals surface area contributed by atoms with Crippen LogP contribution < -0.4 is 10.2 Å². The fourth-order valence-electron chi connectivity index (χ4n) is 3.64. The second-order valence-electron chi connectivity index (χ2n) is 7.35. The molecule has 28 heavy (non-hydrogen) atoms. The molecular weight excluding hydrogens is 363 g/mol. The largest absolute Gasteiger partial charge is 0.367 e. The lowest BCUT2D eigenvalue weighted by Gasteiger charge is -2.35. The first-order valence-corrected chi connectivity index (χ1v) is 9.76. The minimum absolute atomic E-state index is 0.0276. The predicted molar refractivity (Wildman–Crippen MR) is 104 cm³/mol. The highest BCUT2D eigenvalue weighted by Gasteiger charge is 2.22. The fourth-order valence-corrected chi connectivity index (χ4v) is 3.64. The molecule has 8 heteroatoms. The van der Waals surface area contributed by atoms with Crippen LogP contribution in [-0.4, -0.2) is 79.8 Å². The maximum atomic E-state index is 14.3. The van der Waals surface area contributed by atoms with Crippen LogP contribution in [0, 0.1) is 5.82 Å². The number of hydrogen-bond donors (Lipinski definition) is 1. The van der Waals surface area contributed by atoms with Gasteiger partial charge in [0.1, 0.15) is 5.82 Å². The topological polar surface area (TPSA) is 73.0 Å². The van der Waals surface area contributed by atoms with Gasteiger partial charge in [-0.1, -0.05) is 0 Å². The monoisotopic (exact) mass is 390 g/mol. The van der Waals surface area contributed by atoms with E-state index in [0.29, 0.717) is 37.4 Å². The molecule has 3 rings (SSSR count). The van der Waals surface area contributed by atoms with Crippen LogP contribution >= 0.6 is 0 Å². The summed E-state index contributed by atoms with van der Waals surface area (Å²) in [6, 6.07) is 4.55. The number of amides is 2. The number of nitrogens with zero attached hydrogens (tertiary/aromatic N) is 3. The summed E-state index contributed by atoms with van der Waals surface area (Å²) in [7, 11) is 0. The molecule has 7 nitrogen and oxygen atoms in total. The fraction of sp³-hybridized carbons (Fsp3) is 0.550. The van der Waals surface area contributed by atoms with Crippen molar-refractivity contribution < 1.29 is 18.8 Å². The molecule has 0 bridgehead atoms. The van der Waals surface area contributed by atoms with E-state index < -0.39 is 5.82 Å². The van der Waals surface area contributed by atoms with Crippen molar-refractivity contribution in [2.75, 3.05) is 57.3 Å². The Morgan fingerprint density at radius 1 is 1.04 bits per heavy atom. The average molecular weight is 390 g/mol. The highest BCUT2D eigenvalue weighted by atomic mass is 19.1. The molecule has 2 aliphatic heterocycles. The highest BCUT2D eigenvalue weighted by Crippen LogP contribution is 2.22. The predicted octanol–water partition coefficient (Wildman–Crippen LogP) is 0.889. The molecule has 2 amide bonds. The van der Waals surface area contributed by atoms with Crippen molar-refractivity contribution in [2.45, 2.75) is 19.8 Å². The Morgan fingerprint density at radius 3 is 2.32 bits per heavy atom. The second kappa shape index (κ2) is 9.14. The molecule has 0 aromatic heterocycles. The summed E-state index contributed by atoms with van der Waals surface area (Å²) in [6.45, 7) is 5.69. The smallest absolute Gasteiger partial charge is 0.241 e. The number of carbonyl (C=O) groups is 3. The Morgan fingerprint density at radius 2 is 1.71 bits per heavy atom. The van der Waals surface area contributed by atoms with Gasteiger partial charge in [-0.2, -0.15) is 0 Å². The molecule has 0 spiro atoms. The Hall–Kier alpha value is -2.48. The molecule has 1 aromatic carbocycles. The minimum Gasteiger partial charge on any atom is -0.367 e. The quantitative estimate of drug-likeness (QED) is 0.731. The molecule has 0 radical (unpaired) electrons. The van der Waals surface area contributed by atoms with Crippen molar-refractivity contribution >= 4 is 23.3 Å². The maximum Gasteiger partial charge on any atom is 0.241 e. The summed E-state index contributed by atoms with van der Waals surface area (Å²) >= 11 is 0. The lowest BCUT2D eigenvalue weighted by Crippen LogP contribution is -2.50. The van der Waals surface area contributed by atoms with E-state index in [9.17, 15) is 18.8 Å². The summed E-state index contributed by atoms with van der Waals surface area (Å²) in [5.74, 6) is -0.762. The number of hydrogen-bond acceptors (Lipinski definition) is 5. The van der Waals surface area contributed by atoms with Gasteiger partial charge < -0.3 is 15.1 Å². The molecule has 2 aliphatic rings. The van der Waals surface area contributed by atoms with Gasteiger partial charge >= 0.3 is 0 Å². The van der Waals surface area contributed by atoms with Crippen LogP contribution in [0.3, 0.4) is 0 Å². The Kier molecular flexibility index (Phi) is 6.61. The zero-order valence-corrected chi connectivity index (χ0v) is 16.2. The number of benzene rings is 1. The van der Waals surface area contributed by atoms with Crippen molar-refractivity contribution in [3.63, 3.8) is 0 Å². The second-order valence-corrected chi connectivity index (χ2v) is 7.35. The molecule has 1 aromatic rings. The summed E-state index contributed by atoms with van der Waals surface area (Å²) in [6.07, 6.45) is 2.06. The van der Waals surface area contributed by atoms with E-state index in [4.69, 9.17) is 0 Å². The normalized spacial score (nSPS) is 17.6. The van der Waals surface area contributed by atoms with Crippen LogP contribution in [0.25, 0.3) is 0 Å². The van der Waals surface area contributed by atoms with Gasteiger partial charge in [-0.3, -0.25) is 19.3 Å². The standard InChI is InChI=1S/C20H27FN4O3/c1-15(26)16-4-5-18(17(21)12-16)24-10-8-23(9-11-24)14-19(27)22-13-20(28)25-6-2-3-7-25/h4-5,12H,2-3,6-11,13-14H2,1H3,(H,22,27). The van der Waals surface area contributed by atoms with Gasteiger partial charge in [-0.05, 0) is 38.0 Å². The molecule has 2 fully saturated rings. The third kappa shape index (κ3) is 5.07. The summed E-state index contributed by atoms with van der Waals surface area (Å²) < 4.78 is 14.3. The maximum absolute atomic E-state index is 14.3. The molecule has 2 heterocycles. The highest BCUT2D eigenvalue weighted by molar-refractivity contribution is 5.94. The zero-order chi connectivity index (χ0) is 20.1. The average Bonchev–Trinajstić information content (AvgIpc) is 3.21. The number of nitrogens with one attached hydrogen (secondary N) is 1. The lowest BCUT2D eigenvalue weighted by molar-refractivity contribution is -0.132. The van der Waals surface area contributed by atoms with E-state index in [1.165, 1.54) is 13.0 Å². The Bertz CT molecular complexity index is 741. The van der Waals surface area contributed by atoms with Gasteiger partial charge in [0.05, 0.1) is 18.8 Å². The molecule has 0 atom stereocenters. The van der Waals surface area contributed by atoms with Gasteiger partial charge in [0.2, 0.25) is 11.8 Å². The summed E-state index contributed by atoms with van der Waals surface area (Å²) in [4.78, 5) is 41.1. The van der Waals surface area contributed by atoms with Crippen LogP contribution in [0.2, 0.25) is 0 Å². The number of carbonyl (C=O) groups excluding carboxylic acids is 3. The van der Waals surface area contributed by atoms with Gasteiger partial charge in [0, 0.05) is 44.8 Å². The molecule has 2 saturated heterocycles. The van der Waals surface area contributed by atoms with E-state index in [0.717, 1.165) is 25.9 Å². The van der Waals surface area contributed by atoms with Gasteiger partial charge in [-0.25, -0.2) is 4.39 Å². The third-order valence-corrected chi connectivity index (χ3v) is 5.33. The van der Waals surface area contributed by atoms with Gasteiger partial charge in [0.25, 0.3) is 0 Å². The first kappa shape index (κ1) is 20.3. The van der Waals surface area contributed by atoms with Crippen LogP contribution in [0.15, 0.2) is 18.2 Å². The number of ketones is 1. The number of piperazine rings is 1. The zero-order valence-electron chi connectivity index (χ0n) is 16.2. The molecule has 0 saturated carbocycles. The minimum atomic E-state index is -0.403. The SMILES string of the molecule is CC(=O)c1ccc(N2CCN(CC(=O)NCC(=O)N3CCCC3)CC2)c(F)c1. The van der Waals surface area contributed by atoms with Crippen molar-refractivity contribution in [2.24, 2.45) is 0 Å². The Labute approximate surface area is 164 Å².